The zero-order chi connectivity index (χ0) is 17.7. The van der Waals surface area contributed by atoms with E-state index >= 15 is 0 Å². The van der Waals surface area contributed by atoms with Crippen molar-refractivity contribution in [2.24, 2.45) is 0 Å². The summed E-state index contributed by atoms with van der Waals surface area (Å²) in [6, 6.07) is 6.85. The molecular weight excluding hydrogens is 314 g/mol. The monoisotopic (exact) mass is 337 g/mol. The van der Waals surface area contributed by atoms with E-state index < -0.39 is 30.2 Å². The minimum absolute atomic E-state index is 0.264. The Bertz CT molecular complexity index is 571. The van der Waals surface area contributed by atoms with E-state index in [0.717, 1.165) is 0 Å². The quantitative estimate of drug-likeness (QED) is 0.793. The van der Waals surface area contributed by atoms with Crippen LogP contribution in [0.15, 0.2) is 24.3 Å². The first-order valence-corrected chi connectivity index (χ1v) is 7.52. The average Bonchev–Trinajstić information content (AvgIpc) is 2.65. The molecule has 0 unspecified atom stereocenters. The third-order valence-electron chi connectivity index (χ3n) is 4.37. The molecular formula is C17H23NO6. The molecule has 7 heteroatoms. The van der Waals surface area contributed by atoms with Gasteiger partial charge in [-0.05, 0) is 0 Å². The van der Waals surface area contributed by atoms with Crippen LogP contribution in [0.2, 0.25) is 0 Å². The fraction of sp³-hybridized carbons (Fsp3) is 0.588. The van der Waals surface area contributed by atoms with Gasteiger partial charge in [-0.15, -0.1) is 0 Å². The van der Waals surface area contributed by atoms with Crippen molar-refractivity contribution in [2.75, 3.05) is 35.0 Å². The summed E-state index contributed by atoms with van der Waals surface area (Å²) in [5.41, 5.74) is 1.17. The van der Waals surface area contributed by atoms with E-state index in [2.05, 4.69) is 4.85 Å². The maximum atomic E-state index is 9.72. The lowest BCUT2D eigenvalue weighted by Gasteiger charge is -2.50. The van der Waals surface area contributed by atoms with Crippen molar-refractivity contribution in [2.45, 2.75) is 30.2 Å². The van der Waals surface area contributed by atoms with Crippen LogP contribution in [0.1, 0.15) is 5.56 Å². The van der Waals surface area contributed by atoms with Gasteiger partial charge in [0.2, 0.25) is 5.79 Å². The van der Waals surface area contributed by atoms with E-state index in [1.165, 1.54) is 21.3 Å². The van der Waals surface area contributed by atoms with Gasteiger partial charge in [0, 0.05) is 34.0 Å². The lowest BCUT2D eigenvalue weighted by atomic mass is 9.87. The minimum atomic E-state index is -1.29. The van der Waals surface area contributed by atoms with Gasteiger partial charge in [0.1, 0.15) is 24.4 Å². The number of nitrogens with zero attached hydrogens (tertiary/aromatic N) is 1. The summed E-state index contributed by atoms with van der Waals surface area (Å²) in [4.78, 5) is 3.38. The molecule has 0 spiro atoms. The second-order valence-electron chi connectivity index (χ2n) is 5.43. The molecule has 0 aliphatic carbocycles. The molecule has 1 saturated heterocycles. The zero-order valence-corrected chi connectivity index (χ0v) is 14.3. The van der Waals surface area contributed by atoms with Gasteiger partial charge >= 0.3 is 0 Å². The maximum absolute atomic E-state index is 9.72. The van der Waals surface area contributed by atoms with Crippen molar-refractivity contribution in [3.63, 3.8) is 0 Å². The van der Waals surface area contributed by atoms with Crippen LogP contribution >= 0.6 is 0 Å². The number of ether oxygens (including phenoxy) is 5. The summed E-state index contributed by atoms with van der Waals surface area (Å²) in [6.07, 6.45) is -2.34. The van der Waals surface area contributed by atoms with Crippen LogP contribution in [0.5, 0.6) is 0 Å². The molecule has 1 aliphatic heterocycles. The number of aliphatic hydroxyl groups excluding tert-OH is 1. The molecule has 0 radical (unpaired) electrons. The number of benzene rings is 1. The SMILES string of the molecule is [C-]#[N+]c1ccc([C@]2(OC)O[C@H](CO)[C@@H](OC)[C@H](OC)[C@H]2OC)cc1. The van der Waals surface area contributed by atoms with E-state index in [-0.39, 0.29) is 6.61 Å². The van der Waals surface area contributed by atoms with Crippen LogP contribution in [0.4, 0.5) is 5.69 Å². The predicted molar refractivity (Wildman–Crippen MR) is 85.7 cm³/mol. The summed E-state index contributed by atoms with van der Waals surface area (Å²) in [7, 11) is 6.11. The normalized spacial score (nSPS) is 33.2. The van der Waals surface area contributed by atoms with Crippen LogP contribution < -0.4 is 0 Å². The van der Waals surface area contributed by atoms with Gasteiger partial charge in [-0.3, -0.25) is 0 Å². The molecule has 1 heterocycles. The van der Waals surface area contributed by atoms with Crippen LogP contribution in [-0.2, 0) is 29.5 Å². The van der Waals surface area contributed by atoms with Crippen molar-refractivity contribution in [1.29, 1.82) is 0 Å². The van der Waals surface area contributed by atoms with Crippen LogP contribution in [-0.4, -0.2) is 64.6 Å². The Morgan fingerprint density at radius 1 is 1.08 bits per heavy atom. The third-order valence-corrected chi connectivity index (χ3v) is 4.37. The molecule has 2 rings (SSSR count). The van der Waals surface area contributed by atoms with Gasteiger partial charge in [-0.25, -0.2) is 4.85 Å². The van der Waals surface area contributed by atoms with Crippen molar-refractivity contribution in [3.8, 4) is 0 Å². The van der Waals surface area contributed by atoms with Crippen molar-refractivity contribution in [1.82, 2.24) is 0 Å². The van der Waals surface area contributed by atoms with Gasteiger partial charge in [-0.1, -0.05) is 24.3 Å². The minimum Gasteiger partial charge on any atom is -0.394 e. The Labute approximate surface area is 141 Å². The summed E-state index contributed by atoms with van der Waals surface area (Å²) < 4.78 is 28.5. The molecule has 1 aromatic rings. The van der Waals surface area contributed by atoms with Crippen LogP contribution in [0, 0.1) is 6.57 Å². The summed E-state index contributed by atoms with van der Waals surface area (Å²) in [5.74, 6) is -1.29. The van der Waals surface area contributed by atoms with E-state index in [9.17, 15) is 5.11 Å². The maximum Gasteiger partial charge on any atom is 0.224 e. The van der Waals surface area contributed by atoms with E-state index in [0.29, 0.717) is 11.3 Å². The van der Waals surface area contributed by atoms with Gasteiger partial charge in [0.05, 0.1) is 13.2 Å². The highest BCUT2D eigenvalue weighted by Gasteiger charge is 2.57. The van der Waals surface area contributed by atoms with Gasteiger partial charge in [0.15, 0.2) is 5.69 Å². The second kappa shape index (κ2) is 8.03. The number of methoxy groups -OCH3 is 4. The molecule has 7 nitrogen and oxygen atoms in total. The largest absolute Gasteiger partial charge is 0.394 e. The van der Waals surface area contributed by atoms with Crippen molar-refractivity contribution in [3.05, 3.63) is 41.2 Å². The Hall–Kier alpha value is -1.53. The fourth-order valence-corrected chi connectivity index (χ4v) is 3.22. The van der Waals surface area contributed by atoms with Gasteiger partial charge in [-0.2, -0.15) is 0 Å². The molecule has 0 aromatic heterocycles. The van der Waals surface area contributed by atoms with Gasteiger partial charge < -0.3 is 28.8 Å². The standard InChI is InChI=1S/C17H23NO6/c1-18-12-8-6-11(7-9-12)17(23-5)16(22-4)15(21-3)14(20-2)13(10-19)24-17/h6-9,13-16,19H,10H2,2-5H3/t13-,14-,15+,16-,17+/m1/s1. The Morgan fingerprint density at radius 3 is 2.12 bits per heavy atom. The number of hydrogen-bond acceptors (Lipinski definition) is 6. The molecule has 0 bridgehead atoms. The lowest BCUT2D eigenvalue weighted by Crippen LogP contribution is -2.65. The van der Waals surface area contributed by atoms with Crippen molar-refractivity contribution < 1.29 is 28.8 Å². The van der Waals surface area contributed by atoms with Crippen molar-refractivity contribution >= 4 is 5.69 Å². The summed E-state index contributed by atoms with van der Waals surface area (Å²) in [6.45, 7) is 6.81. The molecule has 1 fully saturated rings. The topological polar surface area (TPSA) is 70.7 Å². The first kappa shape index (κ1) is 18.8. The second-order valence-corrected chi connectivity index (χ2v) is 5.43. The highest BCUT2D eigenvalue weighted by molar-refractivity contribution is 5.46. The fourth-order valence-electron chi connectivity index (χ4n) is 3.22. The molecule has 0 saturated carbocycles. The number of aliphatic hydroxyl groups is 1. The van der Waals surface area contributed by atoms with Gasteiger partial charge in [0.25, 0.3) is 0 Å². The third kappa shape index (κ3) is 3.05. The highest BCUT2D eigenvalue weighted by atomic mass is 16.7. The van der Waals surface area contributed by atoms with Crippen LogP contribution in [0.3, 0.4) is 0 Å². The Balaban J connectivity index is 2.53. The molecule has 0 amide bonds. The highest BCUT2D eigenvalue weighted by Crippen LogP contribution is 2.42. The Morgan fingerprint density at radius 2 is 1.71 bits per heavy atom. The first-order chi connectivity index (χ1) is 11.6. The molecule has 24 heavy (non-hydrogen) atoms. The van der Waals surface area contributed by atoms with E-state index in [4.69, 9.17) is 30.3 Å². The summed E-state index contributed by atoms with van der Waals surface area (Å²) >= 11 is 0. The number of rotatable bonds is 6. The average molecular weight is 337 g/mol. The molecule has 132 valence electrons. The lowest BCUT2D eigenvalue weighted by molar-refractivity contribution is -0.374. The first-order valence-electron chi connectivity index (χ1n) is 7.52. The van der Waals surface area contributed by atoms with E-state index in [1.54, 1.807) is 31.4 Å². The van der Waals surface area contributed by atoms with E-state index in [1.807, 2.05) is 0 Å². The molecule has 1 N–H and O–H groups in total. The molecule has 5 atom stereocenters. The smallest absolute Gasteiger partial charge is 0.224 e. The van der Waals surface area contributed by atoms with Crippen LogP contribution in [0.25, 0.3) is 4.85 Å². The predicted octanol–water partition coefficient (Wildman–Crippen LogP) is 1.47. The molecule has 1 aromatic carbocycles. The summed E-state index contributed by atoms with van der Waals surface area (Å²) in [5, 5.41) is 9.72. The Kier molecular flexibility index (Phi) is 6.29. The molecule has 1 aliphatic rings. The number of hydrogen-bond donors (Lipinski definition) is 1. The zero-order valence-electron chi connectivity index (χ0n) is 14.3.